The van der Waals surface area contributed by atoms with Gasteiger partial charge in [-0.15, -0.1) is 0 Å². The maximum absolute atomic E-state index is 13.2. The first-order chi connectivity index (χ1) is 16.0. The highest BCUT2D eigenvalue weighted by Crippen LogP contribution is 2.37. The number of amides is 1. The normalized spacial score (nSPS) is 15.0. The number of halogens is 1. The largest absolute Gasteiger partial charge is 0.489 e. The molecule has 0 N–H and O–H groups in total. The van der Waals surface area contributed by atoms with E-state index in [-0.39, 0.29) is 11.9 Å². The van der Waals surface area contributed by atoms with Crippen molar-refractivity contribution in [2.75, 3.05) is 20.2 Å². The number of piperidine rings is 1. The number of rotatable bonds is 6. The molecule has 0 unspecified atom stereocenters. The first-order valence-corrected chi connectivity index (χ1v) is 11.3. The van der Waals surface area contributed by atoms with Crippen LogP contribution in [0.25, 0.3) is 0 Å². The van der Waals surface area contributed by atoms with Crippen LogP contribution in [0.5, 0.6) is 5.75 Å². The zero-order valence-corrected chi connectivity index (χ0v) is 19.3. The van der Waals surface area contributed by atoms with Crippen LogP contribution >= 0.6 is 11.6 Å². The van der Waals surface area contributed by atoms with Crippen LogP contribution in [-0.4, -0.2) is 37.0 Å². The number of carbonyl (C=O) groups is 2. The molecular weight excluding hydrogens is 438 g/mol. The summed E-state index contributed by atoms with van der Waals surface area (Å²) in [6.07, 6.45) is 1.03. The third-order valence-corrected chi connectivity index (χ3v) is 6.42. The summed E-state index contributed by atoms with van der Waals surface area (Å²) in [6, 6.07) is 24.3. The Bertz CT molecular complexity index is 1120. The summed E-state index contributed by atoms with van der Waals surface area (Å²) >= 11 is 6.03. The van der Waals surface area contributed by atoms with Crippen molar-refractivity contribution in [2.45, 2.75) is 24.9 Å². The molecule has 33 heavy (non-hydrogen) atoms. The van der Waals surface area contributed by atoms with E-state index in [4.69, 9.17) is 21.1 Å². The quantitative estimate of drug-likeness (QED) is 0.467. The molecular formula is C27H26ClNO4. The van der Waals surface area contributed by atoms with Crippen LogP contribution in [0, 0.1) is 0 Å². The molecule has 0 saturated carbocycles. The molecule has 1 saturated heterocycles. The van der Waals surface area contributed by atoms with Crippen LogP contribution in [0.4, 0.5) is 0 Å². The molecule has 0 spiro atoms. The summed E-state index contributed by atoms with van der Waals surface area (Å²) < 4.78 is 11.0. The fourth-order valence-corrected chi connectivity index (χ4v) is 4.56. The zero-order valence-electron chi connectivity index (χ0n) is 18.5. The number of ether oxygens (including phenoxy) is 2. The van der Waals surface area contributed by atoms with E-state index in [1.54, 1.807) is 17.0 Å². The third kappa shape index (κ3) is 5.04. The predicted molar refractivity (Wildman–Crippen MR) is 127 cm³/mol. The Morgan fingerprint density at radius 2 is 1.67 bits per heavy atom. The first kappa shape index (κ1) is 22.9. The molecule has 170 valence electrons. The molecule has 1 aliphatic rings. The second-order valence-corrected chi connectivity index (χ2v) is 8.61. The van der Waals surface area contributed by atoms with Crippen molar-refractivity contribution in [3.05, 3.63) is 101 Å². The Labute approximate surface area is 198 Å². The van der Waals surface area contributed by atoms with Gasteiger partial charge in [-0.3, -0.25) is 9.59 Å². The minimum atomic E-state index is -0.727. The first-order valence-electron chi connectivity index (χ1n) is 10.9. The lowest BCUT2D eigenvalue weighted by Gasteiger charge is -2.40. The van der Waals surface area contributed by atoms with Crippen molar-refractivity contribution >= 4 is 23.5 Å². The number of nitrogens with zero attached hydrogens (tertiary/aromatic N) is 1. The van der Waals surface area contributed by atoms with E-state index in [2.05, 4.69) is 0 Å². The summed E-state index contributed by atoms with van der Waals surface area (Å²) in [6.45, 7) is 1.30. The van der Waals surface area contributed by atoms with Crippen molar-refractivity contribution in [1.82, 2.24) is 4.90 Å². The molecule has 1 fully saturated rings. The maximum atomic E-state index is 13.2. The van der Waals surface area contributed by atoms with Gasteiger partial charge in [-0.25, -0.2) is 0 Å². The van der Waals surface area contributed by atoms with E-state index >= 15 is 0 Å². The van der Waals surface area contributed by atoms with Crippen molar-refractivity contribution in [3.8, 4) is 5.75 Å². The number of likely N-dealkylation sites (tertiary alicyclic amines) is 1. The van der Waals surface area contributed by atoms with Crippen LogP contribution in [0.2, 0.25) is 5.02 Å². The van der Waals surface area contributed by atoms with E-state index < -0.39 is 5.41 Å². The van der Waals surface area contributed by atoms with E-state index in [0.717, 1.165) is 11.1 Å². The fourth-order valence-electron chi connectivity index (χ4n) is 4.35. The Kier molecular flexibility index (Phi) is 6.99. The van der Waals surface area contributed by atoms with Gasteiger partial charge in [0, 0.05) is 23.7 Å². The number of methoxy groups -OCH3 is 1. The smallest absolute Gasteiger partial charge is 0.316 e. The van der Waals surface area contributed by atoms with Gasteiger partial charge in [0.05, 0.1) is 12.5 Å². The van der Waals surface area contributed by atoms with Crippen LogP contribution < -0.4 is 4.74 Å². The van der Waals surface area contributed by atoms with E-state index in [0.29, 0.717) is 48.9 Å². The molecule has 3 aromatic carbocycles. The van der Waals surface area contributed by atoms with Gasteiger partial charge in [0.1, 0.15) is 12.4 Å². The van der Waals surface area contributed by atoms with Gasteiger partial charge in [0.25, 0.3) is 5.91 Å². The number of hydrogen-bond acceptors (Lipinski definition) is 4. The van der Waals surface area contributed by atoms with Gasteiger partial charge >= 0.3 is 5.97 Å². The monoisotopic (exact) mass is 463 g/mol. The number of hydrogen-bond donors (Lipinski definition) is 0. The van der Waals surface area contributed by atoms with Gasteiger partial charge in [-0.1, -0.05) is 60.1 Å². The molecule has 0 atom stereocenters. The van der Waals surface area contributed by atoms with E-state index in [9.17, 15) is 9.59 Å². The topological polar surface area (TPSA) is 55.8 Å². The molecule has 0 radical (unpaired) electrons. The Balaban J connectivity index is 1.44. The van der Waals surface area contributed by atoms with E-state index in [1.165, 1.54) is 7.11 Å². The molecule has 1 heterocycles. The van der Waals surface area contributed by atoms with Gasteiger partial charge in [-0.2, -0.15) is 0 Å². The average Bonchev–Trinajstić information content (AvgIpc) is 2.87. The summed E-state index contributed by atoms with van der Waals surface area (Å²) in [5.41, 5.74) is 1.72. The molecule has 1 aliphatic heterocycles. The predicted octanol–water partition coefficient (Wildman–Crippen LogP) is 5.27. The average molecular weight is 464 g/mol. The van der Waals surface area contributed by atoms with Crippen molar-refractivity contribution in [2.24, 2.45) is 0 Å². The summed E-state index contributed by atoms with van der Waals surface area (Å²) in [5, 5.41) is 0.656. The molecule has 6 heteroatoms. The van der Waals surface area contributed by atoms with E-state index in [1.807, 2.05) is 66.7 Å². The minimum absolute atomic E-state index is 0.0743. The highest BCUT2D eigenvalue weighted by molar-refractivity contribution is 6.30. The second kappa shape index (κ2) is 10.1. The highest BCUT2D eigenvalue weighted by atomic mass is 35.5. The standard InChI is InChI=1S/C27H26ClNO4/c1-32-26(31)27(22-9-3-2-4-10-22)13-15-29(16-14-27)25(30)21-8-6-12-24(18-21)33-19-20-7-5-11-23(28)17-20/h2-12,17-18H,13-16,19H2,1H3. The maximum Gasteiger partial charge on any atom is 0.316 e. The van der Waals surface area contributed by atoms with Crippen molar-refractivity contribution in [1.29, 1.82) is 0 Å². The van der Waals surface area contributed by atoms with Gasteiger partial charge in [0.15, 0.2) is 0 Å². The molecule has 0 aliphatic carbocycles. The van der Waals surface area contributed by atoms with Crippen LogP contribution in [-0.2, 0) is 21.6 Å². The van der Waals surface area contributed by atoms with Crippen LogP contribution in [0.15, 0.2) is 78.9 Å². The summed E-state index contributed by atoms with van der Waals surface area (Å²) in [7, 11) is 1.42. The molecule has 0 aromatic heterocycles. The number of benzene rings is 3. The van der Waals surface area contributed by atoms with Gasteiger partial charge in [-0.05, 0) is 54.3 Å². The third-order valence-electron chi connectivity index (χ3n) is 6.18. The highest BCUT2D eigenvalue weighted by Gasteiger charge is 2.44. The summed E-state index contributed by atoms with van der Waals surface area (Å²) in [5.74, 6) is 0.290. The zero-order chi connectivity index (χ0) is 23.3. The van der Waals surface area contributed by atoms with Crippen molar-refractivity contribution in [3.63, 3.8) is 0 Å². The Morgan fingerprint density at radius 3 is 2.36 bits per heavy atom. The fraction of sp³-hybridized carbons (Fsp3) is 0.259. The molecule has 4 rings (SSSR count). The molecule has 3 aromatic rings. The van der Waals surface area contributed by atoms with Gasteiger partial charge < -0.3 is 14.4 Å². The number of carbonyl (C=O) groups excluding carboxylic acids is 2. The Morgan fingerprint density at radius 1 is 0.939 bits per heavy atom. The number of esters is 1. The lowest BCUT2D eigenvalue weighted by atomic mass is 9.72. The lowest BCUT2D eigenvalue weighted by molar-refractivity contribution is -0.149. The lowest BCUT2D eigenvalue weighted by Crippen LogP contribution is -2.49. The van der Waals surface area contributed by atoms with Crippen LogP contribution in [0.1, 0.15) is 34.3 Å². The molecule has 1 amide bonds. The summed E-state index contributed by atoms with van der Waals surface area (Å²) in [4.78, 5) is 27.7. The Hall–Kier alpha value is -3.31. The minimum Gasteiger partial charge on any atom is -0.489 e. The SMILES string of the molecule is COC(=O)C1(c2ccccc2)CCN(C(=O)c2cccc(OCc3cccc(Cl)c3)c2)CC1. The van der Waals surface area contributed by atoms with Gasteiger partial charge in [0.2, 0.25) is 0 Å². The van der Waals surface area contributed by atoms with Crippen LogP contribution in [0.3, 0.4) is 0 Å². The van der Waals surface area contributed by atoms with Crippen molar-refractivity contribution < 1.29 is 19.1 Å². The molecule has 5 nitrogen and oxygen atoms in total. The second-order valence-electron chi connectivity index (χ2n) is 8.18. The molecule has 0 bridgehead atoms.